The van der Waals surface area contributed by atoms with Gasteiger partial charge in [-0.1, -0.05) is 54.1 Å². The zero-order valence-corrected chi connectivity index (χ0v) is 18.1. The van der Waals surface area contributed by atoms with Gasteiger partial charge in [0.25, 0.3) is 0 Å². The Hall–Kier alpha value is -2.56. The molecule has 0 fully saturated rings. The fraction of sp³-hybridized carbons (Fsp3) is 0.280. The van der Waals surface area contributed by atoms with E-state index in [1.54, 1.807) is 25.3 Å². The van der Waals surface area contributed by atoms with Crippen LogP contribution in [0.3, 0.4) is 0 Å². The molecule has 0 bridgehead atoms. The number of methoxy groups -OCH3 is 1. The molecule has 3 aromatic rings. The van der Waals surface area contributed by atoms with Crippen molar-refractivity contribution in [3.8, 4) is 11.5 Å². The van der Waals surface area contributed by atoms with E-state index in [9.17, 15) is 4.39 Å². The van der Waals surface area contributed by atoms with Crippen LogP contribution in [0.1, 0.15) is 30.0 Å². The van der Waals surface area contributed by atoms with Crippen molar-refractivity contribution in [2.75, 3.05) is 7.11 Å². The van der Waals surface area contributed by atoms with Crippen LogP contribution >= 0.6 is 11.6 Å². The normalized spacial score (nSPS) is 11.9. The van der Waals surface area contributed by atoms with Crippen LogP contribution in [0.25, 0.3) is 0 Å². The number of hydrogen-bond acceptors (Lipinski definition) is 3. The van der Waals surface area contributed by atoms with Gasteiger partial charge in [0.15, 0.2) is 11.5 Å². The summed E-state index contributed by atoms with van der Waals surface area (Å²) in [4.78, 5) is 0. The van der Waals surface area contributed by atoms with Gasteiger partial charge in [-0.3, -0.25) is 0 Å². The summed E-state index contributed by atoms with van der Waals surface area (Å²) in [6.07, 6.45) is 2.07. The molecule has 3 aromatic carbocycles. The van der Waals surface area contributed by atoms with Crippen LogP contribution in [0.5, 0.6) is 11.5 Å². The number of rotatable bonds is 10. The second kappa shape index (κ2) is 11.0. The van der Waals surface area contributed by atoms with E-state index in [4.69, 9.17) is 21.1 Å². The van der Waals surface area contributed by atoms with E-state index >= 15 is 0 Å². The van der Waals surface area contributed by atoms with Crippen LogP contribution in [-0.2, 0) is 19.6 Å². The Bertz CT molecular complexity index is 932. The molecular weight excluding hydrogens is 401 g/mol. The summed E-state index contributed by atoms with van der Waals surface area (Å²) < 4.78 is 24.4. The molecule has 0 saturated heterocycles. The first-order valence-electron chi connectivity index (χ1n) is 10.1. The van der Waals surface area contributed by atoms with Gasteiger partial charge in [-0.25, -0.2) is 4.39 Å². The van der Waals surface area contributed by atoms with Crippen molar-refractivity contribution in [1.82, 2.24) is 5.32 Å². The van der Waals surface area contributed by atoms with Crippen LogP contribution in [0, 0.1) is 5.82 Å². The third-order valence-electron chi connectivity index (χ3n) is 4.99. The van der Waals surface area contributed by atoms with Crippen molar-refractivity contribution in [3.63, 3.8) is 0 Å². The van der Waals surface area contributed by atoms with Crippen LogP contribution < -0.4 is 14.8 Å². The largest absolute Gasteiger partial charge is 0.493 e. The molecule has 0 radical (unpaired) electrons. The van der Waals surface area contributed by atoms with Gasteiger partial charge < -0.3 is 14.8 Å². The molecule has 30 heavy (non-hydrogen) atoms. The molecule has 1 N–H and O–H groups in total. The summed E-state index contributed by atoms with van der Waals surface area (Å²) in [6.45, 7) is 3.12. The Balaban J connectivity index is 1.56. The zero-order valence-electron chi connectivity index (χ0n) is 17.3. The summed E-state index contributed by atoms with van der Waals surface area (Å²) in [7, 11) is 1.60. The molecule has 0 aromatic heterocycles. The number of hydrogen-bond donors (Lipinski definition) is 1. The molecule has 5 heteroatoms. The van der Waals surface area contributed by atoms with Gasteiger partial charge >= 0.3 is 0 Å². The van der Waals surface area contributed by atoms with Crippen molar-refractivity contribution in [1.29, 1.82) is 0 Å². The first-order valence-corrected chi connectivity index (χ1v) is 10.4. The van der Waals surface area contributed by atoms with Crippen LogP contribution in [-0.4, -0.2) is 13.2 Å². The molecule has 3 nitrogen and oxygen atoms in total. The second-order valence-electron chi connectivity index (χ2n) is 7.32. The van der Waals surface area contributed by atoms with Crippen molar-refractivity contribution in [3.05, 3.63) is 94.3 Å². The Morgan fingerprint density at radius 3 is 2.40 bits per heavy atom. The third kappa shape index (κ3) is 6.48. The average Bonchev–Trinajstić information content (AvgIpc) is 2.77. The minimum absolute atomic E-state index is 0.269. The molecule has 0 amide bonds. The highest BCUT2D eigenvalue weighted by Gasteiger charge is 2.12. The summed E-state index contributed by atoms with van der Waals surface area (Å²) in [5.74, 6) is 0.914. The van der Waals surface area contributed by atoms with E-state index in [2.05, 4.69) is 36.5 Å². The molecule has 0 heterocycles. The van der Waals surface area contributed by atoms with E-state index in [1.165, 1.54) is 17.7 Å². The number of ether oxygens (including phenoxy) is 2. The molecular formula is C25H27ClFNO2. The number of halogens is 2. The standard InChI is InChI=1S/C25H27ClFNO2/c1-18(8-9-19-6-4-3-5-7-19)28-16-21-14-24(29-2)25(15-23(21)26)30-17-20-10-12-22(27)13-11-20/h3-7,10-15,18,28H,8-9,16-17H2,1-2H3. The number of benzene rings is 3. The maximum absolute atomic E-state index is 13.0. The van der Waals surface area contributed by atoms with Gasteiger partial charge in [0.2, 0.25) is 0 Å². The highest BCUT2D eigenvalue weighted by Crippen LogP contribution is 2.34. The minimum Gasteiger partial charge on any atom is -0.493 e. The molecule has 0 aliphatic rings. The number of nitrogens with one attached hydrogen (secondary N) is 1. The topological polar surface area (TPSA) is 30.5 Å². The Labute approximate surface area is 182 Å². The van der Waals surface area contributed by atoms with Crippen molar-refractivity contribution in [2.45, 2.75) is 39.0 Å². The Kier molecular flexibility index (Phi) is 8.12. The minimum atomic E-state index is -0.269. The first kappa shape index (κ1) is 22.1. The molecule has 0 aliphatic carbocycles. The lowest BCUT2D eigenvalue weighted by Gasteiger charge is -2.17. The third-order valence-corrected chi connectivity index (χ3v) is 5.34. The highest BCUT2D eigenvalue weighted by atomic mass is 35.5. The molecule has 1 atom stereocenters. The van der Waals surface area contributed by atoms with E-state index in [0.29, 0.717) is 35.7 Å². The lowest BCUT2D eigenvalue weighted by molar-refractivity contribution is 0.284. The van der Waals surface area contributed by atoms with Crippen molar-refractivity contribution >= 4 is 11.6 Å². The van der Waals surface area contributed by atoms with E-state index < -0.39 is 0 Å². The lowest BCUT2D eigenvalue weighted by atomic mass is 10.1. The second-order valence-corrected chi connectivity index (χ2v) is 7.72. The van der Waals surface area contributed by atoms with Gasteiger partial charge in [0.1, 0.15) is 12.4 Å². The first-order chi connectivity index (χ1) is 14.5. The zero-order chi connectivity index (χ0) is 21.3. The van der Waals surface area contributed by atoms with Gasteiger partial charge in [-0.2, -0.15) is 0 Å². The quantitative estimate of drug-likeness (QED) is 0.419. The smallest absolute Gasteiger partial charge is 0.163 e. The monoisotopic (exact) mass is 427 g/mol. The predicted octanol–water partition coefficient (Wildman–Crippen LogP) is 6.18. The van der Waals surface area contributed by atoms with Crippen LogP contribution in [0.15, 0.2) is 66.7 Å². The predicted molar refractivity (Wildman–Crippen MR) is 120 cm³/mol. The maximum Gasteiger partial charge on any atom is 0.163 e. The molecule has 158 valence electrons. The van der Waals surface area contributed by atoms with Gasteiger partial charge in [-0.05, 0) is 54.7 Å². The number of aryl methyl sites for hydroxylation is 1. The SMILES string of the molecule is COc1cc(CNC(C)CCc2ccccc2)c(Cl)cc1OCc1ccc(F)cc1. The summed E-state index contributed by atoms with van der Waals surface area (Å²) >= 11 is 6.49. The van der Waals surface area contributed by atoms with E-state index in [0.717, 1.165) is 24.0 Å². The van der Waals surface area contributed by atoms with E-state index in [1.807, 2.05) is 12.1 Å². The molecule has 1 unspecified atom stereocenters. The van der Waals surface area contributed by atoms with E-state index in [-0.39, 0.29) is 5.82 Å². The maximum atomic E-state index is 13.0. The Morgan fingerprint density at radius 1 is 0.967 bits per heavy atom. The molecule has 0 spiro atoms. The highest BCUT2D eigenvalue weighted by molar-refractivity contribution is 6.31. The summed E-state index contributed by atoms with van der Waals surface area (Å²) in [5.41, 5.74) is 3.16. The molecule has 3 rings (SSSR count). The van der Waals surface area contributed by atoms with Crippen LogP contribution in [0.4, 0.5) is 4.39 Å². The Morgan fingerprint density at radius 2 is 1.70 bits per heavy atom. The summed E-state index contributed by atoms with van der Waals surface area (Å²) in [6, 6.07) is 20.7. The van der Waals surface area contributed by atoms with Gasteiger partial charge in [0, 0.05) is 23.7 Å². The van der Waals surface area contributed by atoms with Crippen molar-refractivity contribution in [2.24, 2.45) is 0 Å². The molecule has 0 aliphatic heterocycles. The fourth-order valence-corrected chi connectivity index (χ4v) is 3.36. The average molecular weight is 428 g/mol. The van der Waals surface area contributed by atoms with Crippen LogP contribution in [0.2, 0.25) is 5.02 Å². The van der Waals surface area contributed by atoms with Gasteiger partial charge in [-0.15, -0.1) is 0 Å². The lowest BCUT2D eigenvalue weighted by Crippen LogP contribution is -2.26. The molecule has 0 saturated carbocycles. The van der Waals surface area contributed by atoms with Gasteiger partial charge in [0.05, 0.1) is 7.11 Å². The summed E-state index contributed by atoms with van der Waals surface area (Å²) in [5, 5.41) is 4.15. The van der Waals surface area contributed by atoms with Crippen molar-refractivity contribution < 1.29 is 13.9 Å². The fourth-order valence-electron chi connectivity index (χ4n) is 3.14.